The molecular weight excluding hydrogens is 356 g/mol. The first-order valence-electron chi connectivity index (χ1n) is 13.2. The quantitative estimate of drug-likeness (QED) is 0.162. The van der Waals surface area contributed by atoms with E-state index in [1.807, 2.05) is 0 Å². The molecule has 29 heavy (non-hydrogen) atoms. The van der Waals surface area contributed by atoms with Crippen molar-refractivity contribution in [1.82, 2.24) is 0 Å². The molecule has 0 aliphatic heterocycles. The molecule has 0 aromatic carbocycles. The first-order chi connectivity index (χ1) is 14.3. The average molecular weight is 407 g/mol. The molecule has 2 atom stereocenters. The van der Waals surface area contributed by atoms with Crippen molar-refractivity contribution in [2.45, 2.75) is 128 Å². The predicted octanol–water partition coefficient (Wildman–Crippen LogP) is 7.58. The molecule has 0 aromatic rings. The van der Waals surface area contributed by atoms with Gasteiger partial charge in [0.05, 0.1) is 0 Å². The molecule has 2 rings (SSSR count). The molecule has 0 radical (unpaired) electrons. The van der Waals surface area contributed by atoms with Crippen LogP contribution in [0.15, 0.2) is 12.2 Å². The lowest BCUT2D eigenvalue weighted by molar-refractivity contribution is 0.175. The van der Waals surface area contributed by atoms with E-state index in [-0.39, 0.29) is 0 Å². The van der Waals surface area contributed by atoms with Gasteiger partial charge in [0.15, 0.2) is 0 Å². The number of fused-ring (bicyclic) bond motifs is 2. The molecule has 170 valence electrons. The molecule has 2 aliphatic carbocycles. The maximum absolute atomic E-state index is 8.84. The molecule has 2 nitrogen and oxygen atoms in total. The number of aliphatic hydroxyl groups excluding tert-OH is 2. The van der Waals surface area contributed by atoms with Gasteiger partial charge in [0.2, 0.25) is 0 Å². The van der Waals surface area contributed by atoms with Crippen LogP contribution in [0.4, 0.5) is 0 Å². The first kappa shape index (κ1) is 24.9. The Morgan fingerprint density at radius 2 is 0.966 bits per heavy atom. The molecule has 2 aliphatic rings. The van der Waals surface area contributed by atoms with Gasteiger partial charge in [-0.25, -0.2) is 0 Å². The van der Waals surface area contributed by atoms with E-state index in [0.717, 1.165) is 24.7 Å². The van der Waals surface area contributed by atoms with Crippen molar-refractivity contribution in [2.75, 3.05) is 13.2 Å². The van der Waals surface area contributed by atoms with Gasteiger partial charge in [0.25, 0.3) is 0 Å². The van der Waals surface area contributed by atoms with Crippen LogP contribution >= 0.6 is 0 Å². The Balaban J connectivity index is 1.55. The number of rotatable bonds is 20. The largest absolute Gasteiger partial charge is 0.396 e. The summed E-state index contributed by atoms with van der Waals surface area (Å²) < 4.78 is 0. The summed E-state index contributed by atoms with van der Waals surface area (Å²) in [6, 6.07) is 0. The van der Waals surface area contributed by atoms with E-state index in [2.05, 4.69) is 12.2 Å². The highest BCUT2D eigenvalue weighted by atomic mass is 16.3. The molecule has 0 heterocycles. The second-order valence-corrected chi connectivity index (χ2v) is 10.2. The first-order valence-corrected chi connectivity index (χ1v) is 13.2. The van der Waals surface area contributed by atoms with Gasteiger partial charge in [-0.15, -0.1) is 0 Å². The van der Waals surface area contributed by atoms with Crippen LogP contribution in [0.1, 0.15) is 128 Å². The topological polar surface area (TPSA) is 40.5 Å². The third-order valence-electron chi connectivity index (χ3n) is 7.79. The second-order valence-electron chi connectivity index (χ2n) is 10.2. The lowest BCUT2D eigenvalue weighted by Gasteiger charge is -2.36. The van der Waals surface area contributed by atoms with E-state index in [4.69, 9.17) is 10.2 Å². The summed E-state index contributed by atoms with van der Waals surface area (Å²) in [6.07, 6.45) is 32.1. The van der Waals surface area contributed by atoms with Crippen LogP contribution in [0.5, 0.6) is 0 Å². The van der Waals surface area contributed by atoms with E-state index < -0.39 is 0 Å². The lowest BCUT2D eigenvalue weighted by atomic mass is 9.69. The van der Waals surface area contributed by atoms with E-state index in [1.54, 1.807) is 0 Å². The van der Waals surface area contributed by atoms with Gasteiger partial charge < -0.3 is 10.2 Å². The van der Waals surface area contributed by atoms with Crippen LogP contribution in [0.25, 0.3) is 0 Å². The monoisotopic (exact) mass is 406 g/mol. The van der Waals surface area contributed by atoms with Gasteiger partial charge in [0.1, 0.15) is 0 Å². The summed E-state index contributed by atoms with van der Waals surface area (Å²) in [6.45, 7) is 0.729. The van der Waals surface area contributed by atoms with Crippen LogP contribution in [0.3, 0.4) is 0 Å². The normalized spacial score (nSPS) is 22.0. The molecule has 2 unspecified atom stereocenters. The van der Waals surface area contributed by atoms with E-state index in [0.29, 0.717) is 18.6 Å². The fourth-order valence-electron chi connectivity index (χ4n) is 6.05. The van der Waals surface area contributed by atoms with Crippen molar-refractivity contribution in [3.63, 3.8) is 0 Å². The number of unbranched alkanes of at least 4 members (excludes halogenated alkanes) is 14. The molecule has 2 N–H and O–H groups in total. The van der Waals surface area contributed by atoms with Crippen molar-refractivity contribution < 1.29 is 10.2 Å². The second kappa shape index (κ2) is 15.5. The standard InChI is InChI=1S/C27H50O2/c28-21-15-11-7-3-1-5-9-13-19-27(24-25-17-18-26(27)23-25)20-14-10-6-2-4-8-12-16-22-29/h17-18,25-26,28-29H,1-16,19-24H2. The molecule has 0 spiro atoms. The van der Waals surface area contributed by atoms with Gasteiger partial charge >= 0.3 is 0 Å². The summed E-state index contributed by atoms with van der Waals surface area (Å²) in [5.41, 5.74) is 0.654. The van der Waals surface area contributed by atoms with E-state index in [9.17, 15) is 0 Å². The minimum atomic E-state index is 0.364. The maximum Gasteiger partial charge on any atom is 0.0431 e. The zero-order valence-electron chi connectivity index (χ0n) is 19.3. The molecule has 0 aromatic heterocycles. The fourth-order valence-corrected chi connectivity index (χ4v) is 6.05. The molecule has 0 saturated heterocycles. The van der Waals surface area contributed by atoms with Gasteiger partial charge in [-0.3, -0.25) is 0 Å². The summed E-state index contributed by atoms with van der Waals surface area (Å²) in [5, 5.41) is 17.7. The molecule has 0 amide bonds. The van der Waals surface area contributed by atoms with Crippen LogP contribution in [-0.2, 0) is 0 Å². The fraction of sp³-hybridized carbons (Fsp3) is 0.926. The van der Waals surface area contributed by atoms with Crippen LogP contribution in [0, 0.1) is 17.3 Å². The zero-order chi connectivity index (χ0) is 20.6. The summed E-state index contributed by atoms with van der Waals surface area (Å²) >= 11 is 0. The molecule has 2 heteroatoms. The van der Waals surface area contributed by atoms with Crippen molar-refractivity contribution in [3.8, 4) is 0 Å². The minimum Gasteiger partial charge on any atom is -0.396 e. The third kappa shape index (κ3) is 9.55. The Labute approximate surface area is 181 Å². The Morgan fingerprint density at radius 3 is 1.31 bits per heavy atom. The van der Waals surface area contributed by atoms with Crippen molar-refractivity contribution in [1.29, 1.82) is 0 Å². The SMILES string of the molecule is OCCCCCCCCCCC1(CCCCCCCCCCO)CC2C=CC1C2. The summed E-state index contributed by atoms with van der Waals surface area (Å²) in [7, 11) is 0. The number of allylic oxidation sites excluding steroid dienone is 2. The number of hydrogen-bond acceptors (Lipinski definition) is 2. The third-order valence-corrected chi connectivity index (χ3v) is 7.79. The van der Waals surface area contributed by atoms with Crippen LogP contribution in [0.2, 0.25) is 0 Å². The summed E-state index contributed by atoms with van der Waals surface area (Å²) in [5.74, 6) is 1.79. The highest BCUT2D eigenvalue weighted by molar-refractivity contribution is 5.15. The number of hydrogen-bond donors (Lipinski definition) is 2. The average Bonchev–Trinajstić information content (AvgIpc) is 3.33. The predicted molar refractivity (Wildman–Crippen MR) is 125 cm³/mol. The molecule has 2 bridgehead atoms. The van der Waals surface area contributed by atoms with Crippen LogP contribution in [-0.4, -0.2) is 23.4 Å². The molecular formula is C27H50O2. The summed E-state index contributed by atoms with van der Waals surface area (Å²) in [4.78, 5) is 0. The van der Waals surface area contributed by atoms with Crippen molar-refractivity contribution in [2.24, 2.45) is 17.3 Å². The van der Waals surface area contributed by atoms with E-state index in [1.165, 1.54) is 116 Å². The zero-order valence-corrected chi connectivity index (χ0v) is 19.3. The van der Waals surface area contributed by atoms with Crippen molar-refractivity contribution >= 4 is 0 Å². The van der Waals surface area contributed by atoms with Gasteiger partial charge in [0, 0.05) is 13.2 Å². The Kier molecular flexibility index (Phi) is 13.3. The Hall–Kier alpha value is -0.340. The van der Waals surface area contributed by atoms with E-state index >= 15 is 0 Å². The van der Waals surface area contributed by atoms with Gasteiger partial charge in [-0.1, -0.05) is 102 Å². The smallest absolute Gasteiger partial charge is 0.0431 e. The minimum absolute atomic E-state index is 0.364. The maximum atomic E-state index is 8.84. The van der Waals surface area contributed by atoms with Gasteiger partial charge in [-0.05, 0) is 55.8 Å². The number of aliphatic hydroxyl groups is 2. The lowest BCUT2D eigenvalue weighted by Crippen LogP contribution is -2.26. The molecule has 1 fully saturated rings. The molecule has 1 saturated carbocycles. The highest BCUT2D eigenvalue weighted by Gasteiger charge is 2.46. The van der Waals surface area contributed by atoms with Crippen LogP contribution < -0.4 is 0 Å². The Bertz CT molecular complexity index is 395. The highest BCUT2D eigenvalue weighted by Crippen LogP contribution is 2.57. The van der Waals surface area contributed by atoms with Crippen molar-refractivity contribution in [3.05, 3.63) is 12.2 Å². The van der Waals surface area contributed by atoms with Gasteiger partial charge in [-0.2, -0.15) is 0 Å². The Morgan fingerprint density at radius 1 is 0.552 bits per heavy atom.